The lowest BCUT2D eigenvalue weighted by Gasteiger charge is -2.13. The number of carbonyl (C=O) groups excluding carboxylic acids is 1. The van der Waals surface area contributed by atoms with E-state index in [2.05, 4.69) is 0 Å². The van der Waals surface area contributed by atoms with E-state index in [1.807, 2.05) is 12.1 Å². The lowest BCUT2D eigenvalue weighted by atomic mass is 10.0. The van der Waals surface area contributed by atoms with Gasteiger partial charge in [-0.15, -0.1) is 0 Å². The number of amides is 1. The van der Waals surface area contributed by atoms with Gasteiger partial charge in [0.1, 0.15) is 0 Å². The van der Waals surface area contributed by atoms with E-state index in [0.717, 1.165) is 12.0 Å². The average Bonchev–Trinajstić information content (AvgIpc) is 2.62. The maximum Gasteiger partial charge on any atom is 0.217 e. The molecule has 3 N–H and O–H groups in total. The fraction of sp³-hybridized carbons (Fsp3) is 0.500. The molecule has 5 nitrogen and oxygen atoms in total. The highest BCUT2D eigenvalue weighted by atomic mass is 16.5. The predicted octanol–water partition coefficient (Wildman–Crippen LogP) is 1.54. The Bertz CT molecular complexity index is 447. The normalized spacial score (nSPS) is 15.6. The predicted molar refractivity (Wildman–Crippen MR) is 70.1 cm³/mol. The molecule has 1 aromatic carbocycles. The van der Waals surface area contributed by atoms with Crippen LogP contribution in [-0.2, 0) is 4.79 Å². The van der Waals surface area contributed by atoms with Gasteiger partial charge in [-0.2, -0.15) is 0 Å². The summed E-state index contributed by atoms with van der Waals surface area (Å²) in [4.78, 5) is 10.7. The molecule has 1 aromatic rings. The molecule has 0 aliphatic carbocycles. The number of carbonyl (C=O) groups is 1. The minimum atomic E-state index is -0.614. The molecule has 2 rings (SSSR count). The van der Waals surface area contributed by atoms with Crippen molar-refractivity contribution >= 4 is 5.91 Å². The van der Waals surface area contributed by atoms with Crippen molar-refractivity contribution in [2.24, 2.45) is 5.73 Å². The highest BCUT2D eigenvalue weighted by Gasteiger charge is 2.14. The molecule has 1 aliphatic rings. The highest BCUT2D eigenvalue weighted by molar-refractivity contribution is 5.73. The van der Waals surface area contributed by atoms with Crippen molar-refractivity contribution < 1.29 is 19.4 Å². The van der Waals surface area contributed by atoms with Crippen molar-refractivity contribution in [2.45, 2.75) is 31.8 Å². The molecule has 19 heavy (non-hydrogen) atoms. The Hall–Kier alpha value is -1.75. The third-order valence-corrected chi connectivity index (χ3v) is 3.06. The Morgan fingerprint density at radius 1 is 1.32 bits per heavy atom. The zero-order valence-electron chi connectivity index (χ0n) is 10.8. The number of rotatable bonds is 5. The SMILES string of the molecule is NC(=O)CCCC(O)c1ccc2c(c1)OCCCO2. The molecule has 1 amide bonds. The minimum Gasteiger partial charge on any atom is -0.490 e. The van der Waals surface area contributed by atoms with Crippen LogP contribution in [0, 0.1) is 0 Å². The van der Waals surface area contributed by atoms with Crippen molar-refractivity contribution in [1.29, 1.82) is 0 Å². The smallest absolute Gasteiger partial charge is 0.217 e. The first kappa shape index (κ1) is 13.7. The maximum atomic E-state index is 10.7. The van der Waals surface area contributed by atoms with Gasteiger partial charge >= 0.3 is 0 Å². The van der Waals surface area contributed by atoms with Gasteiger partial charge in [0, 0.05) is 12.8 Å². The summed E-state index contributed by atoms with van der Waals surface area (Å²) in [6.45, 7) is 1.27. The molecule has 0 radical (unpaired) electrons. The summed E-state index contributed by atoms with van der Waals surface area (Å²) < 4.78 is 11.1. The Labute approximate surface area is 112 Å². The lowest BCUT2D eigenvalue weighted by Crippen LogP contribution is -2.10. The Kier molecular flexibility index (Phi) is 4.63. The molecule has 1 unspecified atom stereocenters. The molecule has 104 valence electrons. The van der Waals surface area contributed by atoms with Crippen molar-refractivity contribution in [3.8, 4) is 11.5 Å². The molecule has 0 saturated carbocycles. The number of nitrogens with two attached hydrogens (primary N) is 1. The van der Waals surface area contributed by atoms with E-state index in [1.54, 1.807) is 6.07 Å². The zero-order chi connectivity index (χ0) is 13.7. The van der Waals surface area contributed by atoms with E-state index >= 15 is 0 Å². The molecule has 0 spiro atoms. The van der Waals surface area contributed by atoms with Gasteiger partial charge < -0.3 is 20.3 Å². The molecular formula is C14H19NO4. The summed E-state index contributed by atoms with van der Waals surface area (Å²) in [5, 5.41) is 10.1. The second-order valence-corrected chi connectivity index (χ2v) is 4.63. The van der Waals surface area contributed by atoms with Crippen molar-refractivity contribution in [3.05, 3.63) is 23.8 Å². The fourth-order valence-electron chi connectivity index (χ4n) is 2.02. The Morgan fingerprint density at radius 2 is 2.05 bits per heavy atom. The maximum absolute atomic E-state index is 10.7. The van der Waals surface area contributed by atoms with Crippen LogP contribution in [-0.4, -0.2) is 24.2 Å². The molecule has 0 saturated heterocycles. The first-order chi connectivity index (χ1) is 9.16. The number of aliphatic hydroxyl groups excluding tert-OH is 1. The second-order valence-electron chi connectivity index (χ2n) is 4.63. The second kappa shape index (κ2) is 6.43. The van der Waals surface area contributed by atoms with E-state index in [4.69, 9.17) is 15.2 Å². The van der Waals surface area contributed by atoms with Crippen LogP contribution in [0.2, 0.25) is 0 Å². The van der Waals surface area contributed by atoms with Gasteiger partial charge in [-0.05, 0) is 30.5 Å². The van der Waals surface area contributed by atoms with Crippen LogP contribution in [0.4, 0.5) is 0 Å². The first-order valence-electron chi connectivity index (χ1n) is 6.53. The van der Waals surface area contributed by atoms with Crippen molar-refractivity contribution in [1.82, 2.24) is 0 Å². The van der Waals surface area contributed by atoms with Crippen LogP contribution in [0.15, 0.2) is 18.2 Å². The molecule has 0 bridgehead atoms. The van der Waals surface area contributed by atoms with Crippen molar-refractivity contribution in [3.63, 3.8) is 0 Å². The number of benzene rings is 1. The third kappa shape index (κ3) is 3.86. The third-order valence-electron chi connectivity index (χ3n) is 3.06. The first-order valence-corrected chi connectivity index (χ1v) is 6.53. The van der Waals surface area contributed by atoms with E-state index in [1.165, 1.54) is 0 Å². The largest absolute Gasteiger partial charge is 0.490 e. The Balaban J connectivity index is 2.00. The molecule has 5 heteroatoms. The summed E-state index contributed by atoms with van der Waals surface area (Å²) in [6, 6.07) is 5.44. The molecular weight excluding hydrogens is 246 g/mol. The number of primary amides is 1. The molecule has 0 fully saturated rings. The molecule has 1 aliphatic heterocycles. The van der Waals surface area contributed by atoms with Gasteiger partial charge in [-0.25, -0.2) is 0 Å². The van der Waals surface area contributed by atoms with Crippen LogP contribution < -0.4 is 15.2 Å². The van der Waals surface area contributed by atoms with Gasteiger partial charge in [0.2, 0.25) is 5.91 Å². The monoisotopic (exact) mass is 265 g/mol. The molecule has 0 aromatic heterocycles. The Morgan fingerprint density at radius 3 is 2.79 bits per heavy atom. The fourth-order valence-corrected chi connectivity index (χ4v) is 2.02. The summed E-state index contributed by atoms with van der Waals surface area (Å²) in [6.07, 6.45) is 1.61. The number of ether oxygens (including phenoxy) is 2. The lowest BCUT2D eigenvalue weighted by molar-refractivity contribution is -0.118. The quantitative estimate of drug-likeness (QED) is 0.846. The average molecular weight is 265 g/mol. The van der Waals surface area contributed by atoms with E-state index in [9.17, 15) is 9.90 Å². The van der Waals surface area contributed by atoms with E-state index in [0.29, 0.717) is 44.0 Å². The van der Waals surface area contributed by atoms with Gasteiger partial charge in [0.15, 0.2) is 11.5 Å². The zero-order valence-corrected chi connectivity index (χ0v) is 10.8. The van der Waals surface area contributed by atoms with Crippen LogP contribution in [0.1, 0.15) is 37.4 Å². The van der Waals surface area contributed by atoms with Crippen LogP contribution in [0.3, 0.4) is 0 Å². The number of hydrogen-bond acceptors (Lipinski definition) is 4. The summed E-state index contributed by atoms with van der Waals surface area (Å²) in [7, 11) is 0. The summed E-state index contributed by atoms with van der Waals surface area (Å²) >= 11 is 0. The topological polar surface area (TPSA) is 81.8 Å². The highest BCUT2D eigenvalue weighted by Crippen LogP contribution is 2.33. The number of hydrogen-bond donors (Lipinski definition) is 2. The summed E-state index contributed by atoms with van der Waals surface area (Å²) in [5.41, 5.74) is 5.84. The summed E-state index contributed by atoms with van der Waals surface area (Å²) in [5.74, 6) is 1.04. The van der Waals surface area contributed by atoms with Crippen LogP contribution >= 0.6 is 0 Å². The van der Waals surface area contributed by atoms with Crippen LogP contribution in [0.5, 0.6) is 11.5 Å². The van der Waals surface area contributed by atoms with Gasteiger partial charge in [-0.3, -0.25) is 4.79 Å². The van der Waals surface area contributed by atoms with Crippen molar-refractivity contribution in [2.75, 3.05) is 13.2 Å². The minimum absolute atomic E-state index is 0.293. The number of fused-ring (bicyclic) bond motifs is 1. The van der Waals surface area contributed by atoms with Gasteiger partial charge in [0.05, 0.1) is 19.3 Å². The number of aliphatic hydroxyl groups is 1. The molecule has 1 heterocycles. The van der Waals surface area contributed by atoms with E-state index < -0.39 is 6.10 Å². The van der Waals surface area contributed by atoms with Crippen LogP contribution in [0.25, 0.3) is 0 Å². The standard InChI is InChI=1S/C14H19NO4/c15-14(17)4-1-3-11(16)10-5-6-12-13(9-10)19-8-2-7-18-12/h5-6,9,11,16H,1-4,7-8H2,(H2,15,17). The van der Waals surface area contributed by atoms with E-state index in [-0.39, 0.29) is 5.91 Å². The van der Waals surface area contributed by atoms with Gasteiger partial charge in [0.25, 0.3) is 0 Å². The van der Waals surface area contributed by atoms with Gasteiger partial charge in [-0.1, -0.05) is 6.07 Å². The molecule has 1 atom stereocenters.